The molecule has 112 valence electrons. The van der Waals surface area contributed by atoms with E-state index in [0.717, 1.165) is 5.75 Å². The van der Waals surface area contributed by atoms with Crippen LogP contribution < -0.4 is 4.74 Å². The number of rotatable bonds is 1. The highest BCUT2D eigenvalue weighted by atomic mass is 16.5. The Balaban J connectivity index is 1.76. The molecule has 2 nitrogen and oxygen atoms in total. The molecule has 2 atom stereocenters. The van der Waals surface area contributed by atoms with E-state index in [1.165, 1.54) is 49.0 Å². The molecule has 5 rings (SSSR count). The molecule has 2 heterocycles. The van der Waals surface area contributed by atoms with Crippen molar-refractivity contribution in [3.8, 4) is 11.4 Å². The van der Waals surface area contributed by atoms with E-state index < -0.39 is 0 Å². The monoisotopic (exact) mass is 291 g/mol. The molecule has 1 aromatic carbocycles. The number of nitrogens with zero attached hydrogens (tertiary/aromatic N) is 1. The lowest BCUT2D eigenvalue weighted by Gasteiger charge is -2.33. The van der Waals surface area contributed by atoms with Crippen molar-refractivity contribution in [1.82, 2.24) is 4.57 Å². The van der Waals surface area contributed by atoms with Crippen LogP contribution in [0.15, 0.2) is 47.7 Å². The fourth-order valence-corrected chi connectivity index (χ4v) is 5.01. The highest BCUT2D eigenvalue weighted by Crippen LogP contribution is 2.58. The first-order valence-electron chi connectivity index (χ1n) is 8.44. The molecule has 0 radical (unpaired) electrons. The largest absolute Gasteiger partial charge is 0.495 e. The van der Waals surface area contributed by atoms with Gasteiger partial charge in [-0.05, 0) is 55.9 Å². The predicted octanol–water partition coefficient (Wildman–Crippen LogP) is 4.94. The molecule has 1 aromatic heterocycles. The van der Waals surface area contributed by atoms with Crippen molar-refractivity contribution in [2.75, 3.05) is 7.11 Å². The molecule has 1 aliphatic heterocycles. The Morgan fingerprint density at radius 1 is 1.09 bits per heavy atom. The summed E-state index contributed by atoms with van der Waals surface area (Å²) in [5, 5.41) is 0. The molecular weight excluding hydrogens is 270 g/mol. The van der Waals surface area contributed by atoms with Gasteiger partial charge in [0.05, 0.1) is 12.8 Å². The molecular formula is C20H21NO. The maximum Gasteiger partial charge on any atom is 0.143 e. The van der Waals surface area contributed by atoms with Gasteiger partial charge in [0.1, 0.15) is 5.75 Å². The van der Waals surface area contributed by atoms with Crippen molar-refractivity contribution in [2.45, 2.75) is 43.9 Å². The van der Waals surface area contributed by atoms with Crippen molar-refractivity contribution in [3.05, 3.63) is 58.9 Å². The van der Waals surface area contributed by atoms with Gasteiger partial charge in [0, 0.05) is 23.7 Å². The van der Waals surface area contributed by atoms with Crippen molar-refractivity contribution in [1.29, 1.82) is 0 Å². The first-order valence-corrected chi connectivity index (χ1v) is 8.44. The topological polar surface area (TPSA) is 14.2 Å². The Morgan fingerprint density at radius 3 is 2.91 bits per heavy atom. The van der Waals surface area contributed by atoms with E-state index in [1.807, 2.05) is 0 Å². The summed E-state index contributed by atoms with van der Waals surface area (Å²) < 4.78 is 8.05. The number of ether oxygens (including phenoxy) is 1. The van der Waals surface area contributed by atoms with E-state index >= 15 is 0 Å². The highest BCUT2D eigenvalue weighted by Gasteiger charge is 2.42. The zero-order valence-electron chi connectivity index (χ0n) is 13.0. The second kappa shape index (κ2) is 4.52. The average molecular weight is 291 g/mol. The highest BCUT2D eigenvalue weighted by molar-refractivity contribution is 5.62. The average Bonchev–Trinajstić information content (AvgIpc) is 3.18. The number of fused-ring (bicyclic) bond motifs is 7. The molecule has 0 bridgehead atoms. The summed E-state index contributed by atoms with van der Waals surface area (Å²) in [5.74, 6) is 2.22. The van der Waals surface area contributed by atoms with Crippen LogP contribution in [0.1, 0.15) is 55.2 Å². The third-order valence-corrected chi connectivity index (χ3v) is 5.86. The van der Waals surface area contributed by atoms with Gasteiger partial charge in [0.2, 0.25) is 0 Å². The second-order valence-electron chi connectivity index (χ2n) is 6.83. The normalized spacial score (nSPS) is 25.3. The van der Waals surface area contributed by atoms with Gasteiger partial charge >= 0.3 is 0 Å². The third-order valence-electron chi connectivity index (χ3n) is 5.86. The van der Waals surface area contributed by atoms with E-state index in [4.69, 9.17) is 4.74 Å². The van der Waals surface area contributed by atoms with Crippen molar-refractivity contribution in [2.24, 2.45) is 0 Å². The number of hydrogen-bond donors (Lipinski definition) is 0. The second-order valence-corrected chi connectivity index (χ2v) is 6.83. The summed E-state index contributed by atoms with van der Waals surface area (Å²) in [6.45, 7) is 0. The summed E-state index contributed by atoms with van der Waals surface area (Å²) in [6.07, 6.45) is 8.83. The Labute approximate surface area is 131 Å². The van der Waals surface area contributed by atoms with Crippen molar-refractivity contribution in [3.63, 3.8) is 0 Å². The molecule has 0 spiro atoms. The third kappa shape index (κ3) is 1.50. The number of benzene rings is 1. The van der Waals surface area contributed by atoms with E-state index in [1.54, 1.807) is 18.3 Å². The van der Waals surface area contributed by atoms with Crippen LogP contribution in [0.5, 0.6) is 5.75 Å². The van der Waals surface area contributed by atoms with E-state index in [0.29, 0.717) is 11.8 Å². The number of hydrogen-bond acceptors (Lipinski definition) is 1. The fraction of sp³-hybridized carbons (Fsp3) is 0.400. The van der Waals surface area contributed by atoms with Gasteiger partial charge in [-0.2, -0.15) is 0 Å². The minimum absolute atomic E-state index is 0.602. The zero-order valence-corrected chi connectivity index (χ0v) is 13.0. The van der Waals surface area contributed by atoms with Crippen molar-refractivity contribution < 1.29 is 4.74 Å². The zero-order chi connectivity index (χ0) is 14.7. The standard InChI is InChI=1S/C20H21NO/c1-22-18-10-4-8-15-16-12-13-6-2-3-7-14(13)19(16)17-9-5-11-21(17)20(15)18/h4-5,8-11,16,19H,2-3,6-7,12H2,1H3/t16-,19-/m1/s1. The van der Waals surface area contributed by atoms with E-state index in [-0.39, 0.29) is 0 Å². The summed E-state index contributed by atoms with van der Waals surface area (Å²) in [7, 11) is 1.78. The van der Waals surface area contributed by atoms with Crippen LogP contribution in [0.3, 0.4) is 0 Å². The minimum Gasteiger partial charge on any atom is -0.495 e. The smallest absolute Gasteiger partial charge is 0.143 e. The molecule has 0 unspecified atom stereocenters. The fourth-order valence-electron chi connectivity index (χ4n) is 5.01. The van der Waals surface area contributed by atoms with Crippen LogP contribution >= 0.6 is 0 Å². The van der Waals surface area contributed by atoms with Gasteiger partial charge in [0.15, 0.2) is 0 Å². The van der Waals surface area contributed by atoms with Crippen LogP contribution in [0.25, 0.3) is 5.69 Å². The van der Waals surface area contributed by atoms with E-state index in [9.17, 15) is 0 Å². The quantitative estimate of drug-likeness (QED) is 0.679. The van der Waals surface area contributed by atoms with Gasteiger partial charge < -0.3 is 9.30 Å². The summed E-state index contributed by atoms with van der Waals surface area (Å²) in [5.41, 5.74) is 7.72. The van der Waals surface area contributed by atoms with Gasteiger partial charge in [-0.1, -0.05) is 23.3 Å². The molecule has 0 N–H and O–H groups in total. The van der Waals surface area contributed by atoms with Gasteiger partial charge in [-0.15, -0.1) is 0 Å². The molecule has 0 saturated carbocycles. The molecule has 0 saturated heterocycles. The lowest BCUT2D eigenvalue weighted by atomic mass is 9.78. The maximum atomic E-state index is 5.67. The summed E-state index contributed by atoms with van der Waals surface area (Å²) >= 11 is 0. The van der Waals surface area contributed by atoms with Crippen LogP contribution in [0, 0.1) is 0 Å². The van der Waals surface area contributed by atoms with Crippen LogP contribution in [-0.4, -0.2) is 11.7 Å². The van der Waals surface area contributed by atoms with Crippen LogP contribution in [-0.2, 0) is 0 Å². The number of aromatic nitrogens is 1. The van der Waals surface area contributed by atoms with Crippen LogP contribution in [0.2, 0.25) is 0 Å². The lowest BCUT2D eigenvalue weighted by molar-refractivity contribution is 0.408. The van der Waals surface area contributed by atoms with Crippen molar-refractivity contribution >= 4 is 0 Å². The lowest BCUT2D eigenvalue weighted by Crippen LogP contribution is -2.20. The van der Waals surface area contributed by atoms with Gasteiger partial charge in [-0.3, -0.25) is 0 Å². The summed E-state index contributed by atoms with van der Waals surface area (Å²) in [6, 6.07) is 11.1. The Hall–Kier alpha value is -1.96. The first kappa shape index (κ1) is 12.6. The molecule has 2 aliphatic carbocycles. The molecule has 2 heteroatoms. The number of methoxy groups -OCH3 is 1. The Bertz CT molecular complexity index is 783. The van der Waals surface area contributed by atoms with E-state index in [2.05, 4.69) is 41.1 Å². The molecule has 2 aromatic rings. The maximum absolute atomic E-state index is 5.67. The predicted molar refractivity (Wildman–Crippen MR) is 87.9 cm³/mol. The SMILES string of the molecule is COc1cccc2c1-n1cccc1[C@@H]1C3=C(CCCC3)C[C@H]21. The Morgan fingerprint density at radius 2 is 2.00 bits per heavy atom. The first-order chi connectivity index (χ1) is 10.9. The number of allylic oxidation sites excluding steroid dienone is 2. The number of para-hydroxylation sites is 1. The van der Waals surface area contributed by atoms with Gasteiger partial charge in [0.25, 0.3) is 0 Å². The molecule has 3 aliphatic rings. The molecule has 22 heavy (non-hydrogen) atoms. The summed E-state index contributed by atoms with van der Waals surface area (Å²) in [4.78, 5) is 0. The van der Waals surface area contributed by atoms with Gasteiger partial charge in [-0.25, -0.2) is 0 Å². The minimum atomic E-state index is 0.602. The molecule has 0 amide bonds. The molecule has 0 fully saturated rings. The van der Waals surface area contributed by atoms with Crippen LogP contribution in [0.4, 0.5) is 0 Å². The Kier molecular flexibility index (Phi) is 2.58.